The molecule has 2 aromatic carbocycles. The number of aromatic nitrogens is 2. The average molecular weight is 402 g/mol. The minimum atomic E-state index is 0.0320. The fraction of sp³-hybridized carbons (Fsp3) is 0.208. The zero-order chi connectivity index (χ0) is 20.2. The van der Waals surface area contributed by atoms with Gasteiger partial charge in [0.05, 0.1) is 0 Å². The molecular formula is C24H23N3OS. The summed E-state index contributed by atoms with van der Waals surface area (Å²) in [5.74, 6) is 0.0320. The Labute approximate surface area is 174 Å². The fourth-order valence-electron chi connectivity index (χ4n) is 3.24. The van der Waals surface area contributed by atoms with Gasteiger partial charge in [-0.1, -0.05) is 42.5 Å². The van der Waals surface area contributed by atoms with Crippen LogP contribution < -0.4 is 5.32 Å². The van der Waals surface area contributed by atoms with E-state index in [0.717, 1.165) is 45.0 Å². The van der Waals surface area contributed by atoms with E-state index in [0.29, 0.717) is 6.42 Å². The zero-order valence-electron chi connectivity index (χ0n) is 16.6. The number of nitrogens with zero attached hydrogens (tertiary/aromatic N) is 2. The average Bonchev–Trinajstić information content (AvgIpc) is 3.18. The van der Waals surface area contributed by atoms with Gasteiger partial charge in [-0.25, -0.2) is 9.97 Å². The maximum atomic E-state index is 12.4. The molecule has 1 amide bonds. The lowest BCUT2D eigenvalue weighted by atomic mass is 10.1. The van der Waals surface area contributed by atoms with Crippen LogP contribution in [0.3, 0.4) is 0 Å². The summed E-state index contributed by atoms with van der Waals surface area (Å²) >= 11 is 1.58. The second-order valence-corrected chi connectivity index (χ2v) is 8.07. The number of aryl methyl sites for hydroxylation is 3. The number of pyridine rings is 1. The predicted octanol–water partition coefficient (Wildman–Crippen LogP) is 5.80. The number of rotatable bonds is 6. The minimum absolute atomic E-state index is 0.0320. The number of hydrogen-bond acceptors (Lipinski definition) is 4. The molecule has 0 saturated heterocycles. The molecule has 0 bridgehead atoms. The van der Waals surface area contributed by atoms with Crippen LogP contribution in [0.15, 0.2) is 60.8 Å². The van der Waals surface area contributed by atoms with E-state index in [-0.39, 0.29) is 5.91 Å². The highest BCUT2D eigenvalue weighted by Crippen LogP contribution is 2.31. The van der Waals surface area contributed by atoms with E-state index >= 15 is 0 Å². The number of benzene rings is 2. The van der Waals surface area contributed by atoms with E-state index in [1.165, 1.54) is 11.1 Å². The lowest BCUT2D eigenvalue weighted by Crippen LogP contribution is -2.13. The molecule has 0 aliphatic carbocycles. The monoisotopic (exact) mass is 401 g/mol. The molecule has 0 radical (unpaired) electrons. The van der Waals surface area contributed by atoms with Crippen molar-refractivity contribution in [2.24, 2.45) is 0 Å². The number of hydrogen-bond donors (Lipinski definition) is 1. The molecule has 1 N–H and O–H groups in total. The molecule has 0 spiro atoms. The smallest absolute Gasteiger partial charge is 0.224 e. The van der Waals surface area contributed by atoms with E-state index in [1.807, 2.05) is 31.2 Å². The van der Waals surface area contributed by atoms with Gasteiger partial charge in [0.2, 0.25) is 5.91 Å². The van der Waals surface area contributed by atoms with E-state index in [9.17, 15) is 4.79 Å². The fourth-order valence-corrected chi connectivity index (χ4v) is 4.15. The number of thiazole rings is 1. The number of fused-ring (bicyclic) bond motifs is 1. The Hall–Kier alpha value is -3.05. The zero-order valence-corrected chi connectivity index (χ0v) is 17.4. The molecule has 2 heterocycles. The summed E-state index contributed by atoms with van der Waals surface area (Å²) in [5.41, 5.74) is 6.33. The van der Waals surface area contributed by atoms with Crippen LogP contribution in [0.5, 0.6) is 0 Å². The van der Waals surface area contributed by atoms with Crippen LogP contribution in [0.1, 0.15) is 30.0 Å². The van der Waals surface area contributed by atoms with Gasteiger partial charge >= 0.3 is 0 Å². The minimum Gasteiger partial charge on any atom is -0.326 e. The molecule has 4 aromatic rings. The number of carbonyl (C=O) groups is 1. The van der Waals surface area contributed by atoms with Crippen molar-refractivity contribution in [2.45, 2.75) is 33.1 Å². The van der Waals surface area contributed by atoms with Crippen molar-refractivity contribution in [2.75, 3.05) is 5.32 Å². The predicted molar refractivity (Wildman–Crippen MR) is 120 cm³/mol. The molecule has 0 aliphatic rings. The third-order valence-corrected chi connectivity index (χ3v) is 6.01. The highest BCUT2D eigenvalue weighted by Gasteiger charge is 2.10. The van der Waals surface area contributed by atoms with Crippen LogP contribution in [0.2, 0.25) is 0 Å². The second-order valence-electron chi connectivity index (χ2n) is 7.09. The van der Waals surface area contributed by atoms with Gasteiger partial charge in [0, 0.05) is 23.9 Å². The number of nitrogens with one attached hydrogen (secondary N) is 1. The van der Waals surface area contributed by atoms with Crippen LogP contribution in [0.4, 0.5) is 5.69 Å². The van der Waals surface area contributed by atoms with Crippen LogP contribution in [-0.2, 0) is 17.6 Å². The Morgan fingerprint density at radius 1 is 1.07 bits per heavy atom. The SMILES string of the molecule is CCc1ccc(CCC(=O)Nc2ccc(-c3nc4cccnc4s3)cc2C)cc1. The Bertz CT molecular complexity index is 1120. The molecule has 5 heteroatoms. The summed E-state index contributed by atoms with van der Waals surface area (Å²) in [7, 11) is 0. The van der Waals surface area contributed by atoms with Crippen LogP contribution in [0.25, 0.3) is 20.9 Å². The van der Waals surface area contributed by atoms with Crippen molar-refractivity contribution in [3.8, 4) is 10.6 Å². The Kier molecular flexibility index (Phi) is 5.67. The highest BCUT2D eigenvalue weighted by molar-refractivity contribution is 7.21. The molecule has 0 aliphatic heterocycles. The van der Waals surface area contributed by atoms with E-state index in [1.54, 1.807) is 17.5 Å². The first-order valence-electron chi connectivity index (χ1n) is 9.82. The molecule has 0 fully saturated rings. The normalized spacial score (nSPS) is 11.0. The molecule has 4 rings (SSSR count). The van der Waals surface area contributed by atoms with E-state index < -0.39 is 0 Å². The summed E-state index contributed by atoms with van der Waals surface area (Å²) in [4.78, 5) is 22.4. The topological polar surface area (TPSA) is 54.9 Å². The van der Waals surface area contributed by atoms with Crippen molar-refractivity contribution in [1.29, 1.82) is 0 Å². The van der Waals surface area contributed by atoms with Gasteiger partial charge in [0.25, 0.3) is 0 Å². The van der Waals surface area contributed by atoms with Gasteiger partial charge in [0.1, 0.15) is 15.4 Å². The van der Waals surface area contributed by atoms with Gasteiger partial charge in [-0.2, -0.15) is 0 Å². The molecule has 2 aromatic heterocycles. The van der Waals surface area contributed by atoms with Crippen molar-refractivity contribution < 1.29 is 4.79 Å². The molecule has 0 atom stereocenters. The van der Waals surface area contributed by atoms with Crippen LogP contribution >= 0.6 is 11.3 Å². The molecule has 29 heavy (non-hydrogen) atoms. The number of carbonyl (C=O) groups excluding carboxylic acids is 1. The third kappa shape index (κ3) is 4.51. The highest BCUT2D eigenvalue weighted by atomic mass is 32.1. The first-order chi connectivity index (χ1) is 14.1. The van der Waals surface area contributed by atoms with Crippen LogP contribution in [0, 0.1) is 6.92 Å². The largest absolute Gasteiger partial charge is 0.326 e. The second kappa shape index (κ2) is 8.53. The van der Waals surface area contributed by atoms with Gasteiger partial charge in [0.15, 0.2) is 0 Å². The van der Waals surface area contributed by atoms with Crippen molar-refractivity contribution in [3.05, 3.63) is 77.5 Å². The first-order valence-corrected chi connectivity index (χ1v) is 10.6. The van der Waals surface area contributed by atoms with Gasteiger partial charge in [-0.05, 0) is 66.8 Å². The van der Waals surface area contributed by atoms with Gasteiger partial charge in [-0.3, -0.25) is 4.79 Å². The standard InChI is InChI=1S/C24H23N3OS/c1-3-17-6-8-18(9-7-17)10-13-22(28)26-20-12-11-19(15-16(20)2)23-27-21-5-4-14-25-24(21)29-23/h4-9,11-12,14-15H,3,10,13H2,1-2H3,(H,26,28). The third-order valence-electron chi connectivity index (χ3n) is 4.99. The Morgan fingerprint density at radius 3 is 2.59 bits per heavy atom. The summed E-state index contributed by atoms with van der Waals surface area (Å²) in [5, 5.41) is 3.98. The Morgan fingerprint density at radius 2 is 1.86 bits per heavy atom. The van der Waals surface area contributed by atoms with E-state index in [4.69, 9.17) is 0 Å². The maximum absolute atomic E-state index is 12.4. The number of anilines is 1. The Balaban J connectivity index is 1.41. The molecule has 4 nitrogen and oxygen atoms in total. The van der Waals surface area contributed by atoms with Crippen molar-refractivity contribution >= 4 is 33.3 Å². The first kappa shape index (κ1) is 19.3. The molecular weight excluding hydrogens is 378 g/mol. The summed E-state index contributed by atoms with van der Waals surface area (Å²) < 4.78 is 0. The molecule has 146 valence electrons. The summed E-state index contributed by atoms with van der Waals surface area (Å²) in [6, 6.07) is 18.4. The summed E-state index contributed by atoms with van der Waals surface area (Å²) in [6.07, 6.45) is 4.03. The van der Waals surface area contributed by atoms with Crippen LogP contribution in [-0.4, -0.2) is 15.9 Å². The lowest BCUT2D eigenvalue weighted by Gasteiger charge is -2.10. The van der Waals surface area contributed by atoms with E-state index in [2.05, 4.69) is 52.5 Å². The molecule has 0 unspecified atom stereocenters. The van der Waals surface area contributed by atoms with Gasteiger partial charge < -0.3 is 5.32 Å². The number of amides is 1. The van der Waals surface area contributed by atoms with Crippen molar-refractivity contribution in [1.82, 2.24) is 9.97 Å². The maximum Gasteiger partial charge on any atom is 0.224 e. The summed E-state index contributed by atoms with van der Waals surface area (Å²) in [6.45, 7) is 4.15. The molecule has 0 saturated carbocycles. The van der Waals surface area contributed by atoms with Crippen molar-refractivity contribution in [3.63, 3.8) is 0 Å². The quantitative estimate of drug-likeness (QED) is 0.444. The van der Waals surface area contributed by atoms with Gasteiger partial charge in [-0.15, -0.1) is 0 Å². The lowest BCUT2D eigenvalue weighted by molar-refractivity contribution is -0.116.